The molecule has 0 aromatic rings. The van der Waals surface area contributed by atoms with E-state index in [4.69, 9.17) is 0 Å². The quantitative estimate of drug-likeness (QED) is 0.329. The van der Waals surface area contributed by atoms with Gasteiger partial charge in [-0.05, 0) is 0 Å². The van der Waals surface area contributed by atoms with Crippen LogP contribution in [0.25, 0.3) is 0 Å². The molecule has 0 amide bonds. The molecule has 0 aromatic heterocycles. The molecule has 0 bridgehead atoms. The fraction of sp³-hybridized carbons (Fsp3) is 0. The molecule has 4 heteroatoms. The molecule has 0 saturated carbocycles. The van der Waals surface area contributed by atoms with Gasteiger partial charge in [-0.1, -0.05) is 0 Å². The molecule has 1 radical (unpaired) electrons. The molecule has 0 aliphatic carbocycles. The molecule has 0 aliphatic rings. The van der Waals surface area contributed by atoms with Gasteiger partial charge < -0.3 is 0 Å². The van der Waals surface area contributed by atoms with Gasteiger partial charge in [0.1, 0.15) is 0 Å². The van der Waals surface area contributed by atoms with Gasteiger partial charge >= 0.3 is 42.4 Å². The summed E-state index contributed by atoms with van der Waals surface area (Å²) < 4.78 is 0. The van der Waals surface area contributed by atoms with E-state index in [1.54, 1.807) is 0 Å². The molecular formula is H3FeLiMnP. The Morgan fingerprint density at radius 3 is 1.25 bits per heavy atom. The molecule has 0 aliphatic heterocycles. The second-order valence-corrected chi connectivity index (χ2v) is 0. The van der Waals surface area contributed by atoms with Crippen molar-refractivity contribution in [3.05, 3.63) is 0 Å². The number of hydrogen-bond donors (Lipinski definition) is 0. The molecule has 0 nitrogen and oxygen atoms in total. The Balaban J connectivity index is -0.00000000500. The molecule has 0 aromatic carbocycles. The Kier molecular flexibility index (Phi) is 81.2. The summed E-state index contributed by atoms with van der Waals surface area (Å²) >= 11 is 3.17. The first-order valence-electron chi connectivity index (χ1n) is 0.204. The number of hydrogen-bond acceptors (Lipinski definition) is 0. The molecule has 0 spiro atoms. The van der Waals surface area contributed by atoms with E-state index in [1.165, 1.54) is 0 Å². The van der Waals surface area contributed by atoms with Crippen LogP contribution in [0, 0.1) is 0 Å². The van der Waals surface area contributed by atoms with Crippen LogP contribution < -0.4 is 0 Å². The number of rotatable bonds is 0. The Morgan fingerprint density at radius 2 is 1.25 bits per heavy atom. The average molecular weight is 152 g/mol. The van der Waals surface area contributed by atoms with Gasteiger partial charge in [-0.15, -0.1) is 0 Å². The van der Waals surface area contributed by atoms with Crippen LogP contribution in [0.1, 0.15) is 0 Å². The molecule has 24 valence electrons. The van der Waals surface area contributed by atoms with E-state index in [-0.39, 0.29) is 35.9 Å². The maximum absolute atomic E-state index is 3.17. The molecule has 0 fully saturated rings. The van der Waals surface area contributed by atoms with Crippen molar-refractivity contribution in [3.8, 4) is 0 Å². The van der Waals surface area contributed by atoms with Crippen LogP contribution in [0.5, 0.6) is 0 Å². The van der Waals surface area contributed by atoms with Crippen molar-refractivity contribution in [2.45, 2.75) is 0 Å². The Labute approximate surface area is 59.1 Å². The summed E-state index contributed by atoms with van der Waals surface area (Å²) in [5, 5.41) is 0. The first-order chi connectivity index (χ1) is 1.00. The van der Waals surface area contributed by atoms with E-state index in [9.17, 15) is 0 Å². The van der Waals surface area contributed by atoms with Crippen LogP contribution in [0.3, 0.4) is 0 Å². The summed E-state index contributed by atoms with van der Waals surface area (Å²) in [5.41, 5.74) is 0. The molecule has 0 heterocycles. The summed E-state index contributed by atoms with van der Waals surface area (Å²) in [6, 6.07) is 0. The minimum atomic E-state index is 0. The van der Waals surface area contributed by atoms with E-state index in [0.717, 1.165) is 0 Å². The zero-order valence-electron chi connectivity index (χ0n) is 1.31. The third-order valence-corrected chi connectivity index (χ3v) is 0. The van der Waals surface area contributed by atoms with Crippen LogP contribution in [0.4, 0.5) is 0 Å². The van der Waals surface area contributed by atoms with Gasteiger partial charge in [0, 0.05) is 17.1 Å². The minimum absolute atomic E-state index is 0. The van der Waals surface area contributed by atoms with Crippen molar-refractivity contribution in [3.63, 3.8) is 0 Å². The Bertz CT molecular complexity index is 8.00. The molecule has 1 atom stereocenters. The standard InChI is InChI=1S/Fe.Li.Mn.H2P.H/h;;;1H2;/q+1;;;-1;. The van der Waals surface area contributed by atoms with E-state index in [0.29, 0.717) is 0 Å². The fourth-order valence-corrected chi connectivity index (χ4v) is 0. The third kappa shape index (κ3) is 8.95. The van der Waals surface area contributed by atoms with Crippen molar-refractivity contribution < 1.29 is 32.6 Å². The SMILES string of the molecule is [LiH].[Mn].[PH2][Fe]. The van der Waals surface area contributed by atoms with Gasteiger partial charge in [-0.25, -0.2) is 0 Å². The van der Waals surface area contributed by atoms with Gasteiger partial charge in [0.05, 0.1) is 0 Å². The Morgan fingerprint density at radius 1 is 1.25 bits per heavy atom. The first kappa shape index (κ1) is 16.6. The maximum atomic E-state index is 3.17. The van der Waals surface area contributed by atoms with E-state index >= 15 is 0 Å². The third-order valence-electron chi connectivity index (χ3n) is 0. The molecule has 0 saturated heterocycles. The van der Waals surface area contributed by atoms with Crippen LogP contribution in [0.2, 0.25) is 0 Å². The summed E-state index contributed by atoms with van der Waals surface area (Å²) in [6.45, 7) is 0. The molecule has 0 N–H and O–H groups in total. The molecule has 4 heavy (non-hydrogen) atoms. The second kappa shape index (κ2) is 19.6. The summed E-state index contributed by atoms with van der Waals surface area (Å²) in [7, 11) is 2.17. The van der Waals surface area contributed by atoms with Crippen molar-refractivity contribution in [1.82, 2.24) is 0 Å². The van der Waals surface area contributed by atoms with Gasteiger partial charge in [0.15, 0.2) is 0 Å². The monoisotopic (exact) mass is 152 g/mol. The molecular weight excluding hydrogens is 149 g/mol. The zero-order valence-corrected chi connectivity index (χ0v) is 4.75. The first-order valence-corrected chi connectivity index (χ1v) is 2.52. The van der Waals surface area contributed by atoms with Crippen molar-refractivity contribution in [2.24, 2.45) is 0 Å². The zero-order chi connectivity index (χ0) is 2.00. The normalized spacial score (nSPS) is 1.50. The van der Waals surface area contributed by atoms with E-state index in [1.807, 2.05) is 0 Å². The van der Waals surface area contributed by atoms with E-state index in [2.05, 4.69) is 23.5 Å². The average Bonchev–Trinajstić information content (AvgIpc) is 1.00. The van der Waals surface area contributed by atoms with Crippen LogP contribution in [-0.2, 0) is 32.6 Å². The van der Waals surface area contributed by atoms with Crippen molar-refractivity contribution in [1.29, 1.82) is 0 Å². The summed E-state index contributed by atoms with van der Waals surface area (Å²) in [5.74, 6) is 0. The van der Waals surface area contributed by atoms with Crippen molar-refractivity contribution >= 4 is 26.8 Å². The Hall–Kier alpha value is 2.07. The van der Waals surface area contributed by atoms with Gasteiger partial charge in [-0.3, -0.25) is 0 Å². The van der Waals surface area contributed by atoms with Crippen molar-refractivity contribution in [2.75, 3.05) is 0 Å². The molecule has 1 unspecified atom stereocenters. The topological polar surface area (TPSA) is 0 Å². The molecule has 0 rings (SSSR count). The van der Waals surface area contributed by atoms with Crippen LogP contribution >= 0.6 is 7.93 Å². The van der Waals surface area contributed by atoms with E-state index < -0.39 is 0 Å². The predicted molar refractivity (Wildman–Crippen MR) is 16.9 cm³/mol. The summed E-state index contributed by atoms with van der Waals surface area (Å²) in [4.78, 5) is 0. The summed E-state index contributed by atoms with van der Waals surface area (Å²) in [6.07, 6.45) is 0. The van der Waals surface area contributed by atoms with Gasteiger partial charge in [0.25, 0.3) is 0 Å². The van der Waals surface area contributed by atoms with Crippen LogP contribution in [0.15, 0.2) is 0 Å². The second-order valence-electron chi connectivity index (χ2n) is 0. The fourth-order valence-electron chi connectivity index (χ4n) is 0. The van der Waals surface area contributed by atoms with Gasteiger partial charge in [0.2, 0.25) is 0 Å². The predicted octanol–water partition coefficient (Wildman–Crippen LogP) is -0.328. The van der Waals surface area contributed by atoms with Crippen LogP contribution in [-0.4, -0.2) is 18.9 Å². The van der Waals surface area contributed by atoms with Gasteiger partial charge in [-0.2, -0.15) is 0 Å².